The van der Waals surface area contributed by atoms with Crippen molar-refractivity contribution in [1.29, 1.82) is 0 Å². The van der Waals surface area contributed by atoms with Crippen molar-refractivity contribution in [2.75, 3.05) is 44.2 Å². The lowest BCUT2D eigenvalue weighted by Crippen LogP contribution is -2.26. The summed E-state index contributed by atoms with van der Waals surface area (Å²) >= 11 is 0. The number of aliphatic hydroxyl groups is 1. The van der Waals surface area contributed by atoms with Crippen LogP contribution in [0.3, 0.4) is 0 Å². The molecule has 5 heteroatoms. The highest BCUT2D eigenvalue weighted by molar-refractivity contribution is 5.61. The quantitative estimate of drug-likeness (QED) is 0.916. The molecule has 0 spiro atoms. The van der Waals surface area contributed by atoms with E-state index in [9.17, 15) is 5.11 Å². The van der Waals surface area contributed by atoms with Crippen LogP contribution >= 0.6 is 0 Å². The molecule has 5 nitrogen and oxygen atoms in total. The minimum absolute atomic E-state index is 0.263. The second-order valence-electron chi connectivity index (χ2n) is 7.38. The smallest absolute Gasteiger partial charge is 0.161 e. The van der Waals surface area contributed by atoms with Crippen LogP contribution < -0.4 is 4.90 Å². The van der Waals surface area contributed by atoms with Crippen molar-refractivity contribution in [3.63, 3.8) is 0 Å². The third-order valence-corrected chi connectivity index (χ3v) is 5.74. The van der Waals surface area contributed by atoms with Crippen molar-refractivity contribution in [2.24, 2.45) is 5.92 Å². The Morgan fingerprint density at radius 3 is 2.62 bits per heavy atom. The number of aromatic nitrogens is 2. The van der Waals surface area contributed by atoms with E-state index in [4.69, 9.17) is 9.97 Å². The number of rotatable bonds is 4. The van der Waals surface area contributed by atoms with E-state index in [1.54, 1.807) is 0 Å². The number of hydrogen-bond donors (Lipinski definition) is 1. The lowest BCUT2D eigenvalue weighted by atomic mass is 10.1. The molecule has 4 rings (SSSR count). The van der Waals surface area contributed by atoms with Crippen molar-refractivity contribution in [1.82, 2.24) is 14.9 Å². The Bertz CT molecular complexity index is 749. The summed E-state index contributed by atoms with van der Waals surface area (Å²) in [5, 5.41) is 9.55. The number of hydrogen-bond acceptors (Lipinski definition) is 5. The summed E-state index contributed by atoms with van der Waals surface area (Å²) in [4.78, 5) is 14.8. The van der Waals surface area contributed by atoms with Crippen LogP contribution in [0.4, 0.5) is 5.82 Å². The highest BCUT2D eigenvalue weighted by atomic mass is 16.3. The number of anilines is 1. The van der Waals surface area contributed by atoms with Crippen molar-refractivity contribution in [3.8, 4) is 11.4 Å². The highest BCUT2D eigenvalue weighted by Gasteiger charge is 2.28. The van der Waals surface area contributed by atoms with Crippen LogP contribution in [0.25, 0.3) is 11.4 Å². The molecule has 1 fully saturated rings. The van der Waals surface area contributed by atoms with Gasteiger partial charge in [-0.25, -0.2) is 9.97 Å². The Morgan fingerprint density at radius 1 is 1.08 bits per heavy atom. The molecule has 1 unspecified atom stereocenters. The fourth-order valence-corrected chi connectivity index (χ4v) is 4.09. The van der Waals surface area contributed by atoms with E-state index in [1.165, 1.54) is 11.3 Å². The maximum atomic E-state index is 9.55. The third kappa shape index (κ3) is 3.46. The minimum atomic E-state index is 0.263. The number of benzene rings is 1. The molecule has 0 saturated carbocycles. The Hall–Kier alpha value is -1.98. The van der Waals surface area contributed by atoms with Crippen LogP contribution in [0.5, 0.6) is 0 Å². The minimum Gasteiger partial charge on any atom is -0.396 e. The monoisotopic (exact) mass is 352 g/mol. The van der Waals surface area contributed by atoms with Gasteiger partial charge in [-0.1, -0.05) is 37.3 Å². The molecule has 1 N–H and O–H groups in total. The number of nitrogens with zero attached hydrogens (tertiary/aromatic N) is 4. The molecule has 138 valence electrons. The fourth-order valence-electron chi connectivity index (χ4n) is 4.09. The standard InChI is InChI=1S/C21H28N4O/c1-2-24-11-9-18-19(10-12-24)22-20(17-6-4-3-5-7-17)23-21(18)25-13-8-16(14-25)15-26/h3-7,16,26H,2,8-15H2,1H3. The van der Waals surface area contributed by atoms with Gasteiger partial charge in [0, 0.05) is 56.3 Å². The van der Waals surface area contributed by atoms with Gasteiger partial charge in [0.15, 0.2) is 5.82 Å². The average Bonchev–Trinajstić information content (AvgIpc) is 3.08. The lowest BCUT2D eigenvalue weighted by Gasteiger charge is -2.23. The van der Waals surface area contributed by atoms with Gasteiger partial charge in [0.2, 0.25) is 0 Å². The molecule has 2 aliphatic heterocycles. The van der Waals surface area contributed by atoms with Gasteiger partial charge >= 0.3 is 0 Å². The summed E-state index contributed by atoms with van der Waals surface area (Å²) in [6.45, 7) is 7.57. The largest absolute Gasteiger partial charge is 0.396 e. The Labute approximate surface area is 155 Å². The van der Waals surface area contributed by atoms with E-state index in [0.29, 0.717) is 5.92 Å². The van der Waals surface area contributed by atoms with Gasteiger partial charge < -0.3 is 14.9 Å². The first kappa shape index (κ1) is 17.4. The van der Waals surface area contributed by atoms with Crippen molar-refractivity contribution in [2.45, 2.75) is 26.2 Å². The summed E-state index contributed by atoms with van der Waals surface area (Å²) in [5.41, 5.74) is 3.60. The van der Waals surface area contributed by atoms with Gasteiger partial charge in [-0.15, -0.1) is 0 Å². The van der Waals surface area contributed by atoms with Crippen LogP contribution in [0.1, 0.15) is 24.6 Å². The molecule has 2 aromatic rings. The van der Waals surface area contributed by atoms with E-state index in [-0.39, 0.29) is 6.61 Å². The van der Waals surface area contributed by atoms with Gasteiger partial charge in [0.1, 0.15) is 5.82 Å². The Balaban J connectivity index is 1.75. The second-order valence-corrected chi connectivity index (χ2v) is 7.38. The second kappa shape index (κ2) is 7.72. The Morgan fingerprint density at radius 2 is 1.88 bits per heavy atom. The molecule has 1 aromatic heterocycles. The van der Waals surface area contributed by atoms with E-state index < -0.39 is 0 Å². The van der Waals surface area contributed by atoms with E-state index >= 15 is 0 Å². The molecule has 1 aromatic carbocycles. The van der Waals surface area contributed by atoms with Crippen molar-refractivity contribution in [3.05, 3.63) is 41.6 Å². The van der Waals surface area contributed by atoms with Crippen LogP contribution in [-0.2, 0) is 12.8 Å². The zero-order valence-corrected chi connectivity index (χ0v) is 15.6. The van der Waals surface area contributed by atoms with E-state index in [0.717, 1.165) is 69.2 Å². The molecule has 1 atom stereocenters. The molecular weight excluding hydrogens is 324 g/mol. The van der Waals surface area contributed by atoms with E-state index in [1.807, 2.05) is 18.2 Å². The number of likely N-dealkylation sites (N-methyl/N-ethyl adjacent to an activating group) is 1. The molecule has 1 saturated heterocycles. The SMILES string of the molecule is CCN1CCc2nc(-c3ccccc3)nc(N3CCC(CO)C3)c2CC1. The number of aliphatic hydroxyl groups excluding tert-OH is 1. The molecular formula is C21H28N4O. The van der Waals surface area contributed by atoms with Crippen LogP contribution in [0.2, 0.25) is 0 Å². The Kier molecular flexibility index (Phi) is 5.18. The maximum absolute atomic E-state index is 9.55. The normalized spacial score (nSPS) is 20.8. The molecule has 0 amide bonds. The van der Waals surface area contributed by atoms with Crippen molar-refractivity contribution < 1.29 is 5.11 Å². The first-order chi connectivity index (χ1) is 12.8. The first-order valence-corrected chi connectivity index (χ1v) is 9.82. The van der Waals surface area contributed by atoms with Gasteiger partial charge in [0.25, 0.3) is 0 Å². The number of fused-ring (bicyclic) bond motifs is 1. The molecule has 26 heavy (non-hydrogen) atoms. The maximum Gasteiger partial charge on any atom is 0.161 e. The van der Waals surface area contributed by atoms with Crippen molar-refractivity contribution >= 4 is 5.82 Å². The summed E-state index contributed by atoms with van der Waals surface area (Å²) in [6, 6.07) is 10.3. The zero-order chi connectivity index (χ0) is 17.9. The van der Waals surface area contributed by atoms with Gasteiger partial charge in [-0.05, 0) is 19.4 Å². The zero-order valence-electron chi connectivity index (χ0n) is 15.6. The van der Waals surface area contributed by atoms with Gasteiger partial charge in [-0.3, -0.25) is 0 Å². The molecule has 0 bridgehead atoms. The first-order valence-electron chi connectivity index (χ1n) is 9.82. The summed E-state index contributed by atoms with van der Waals surface area (Å²) < 4.78 is 0. The lowest BCUT2D eigenvalue weighted by molar-refractivity contribution is 0.238. The molecule has 0 radical (unpaired) electrons. The van der Waals surface area contributed by atoms with Crippen LogP contribution in [0, 0.1) is 5.92 Å². The van der Waals surface area contributed by atoms with Crippen LogP contribution in [-0.4, -0.2) is 59.3 Å². The summed E-state index contributed by atoms with van der Waals surface area (Å²) in [6.07, 6.45) is 3.03. The molecule has 0 aliphatic carbocycles. The highest BCUT2D eigenvalue weighted by Crippen LogP contribution is 2.31. The van der Waals surface area contributed by atoms with E-state index in [2.05, 4.69) is 28.9 Å². The molecule has 3 heterocycles. The average molecular weight is 352 g/mol. The predicted molar refractivity (Wildman–Crippen MR) is 104 cm³/mol. The fraction of sp³-hybridized carbons (Fsp3) is 0.524. The van der Waals surface area contributed by atoms with Gasteiger partial charge in [0.05, 0.1) is 5.69 Å². The van der Waals surface area contributed by atoms with Crippen LogP contribution in [0.15, 0.2) is 30.3 Å². The summed E-state index contributed by atoms with van der Waals surface area (Å²) in [7, 11) is 0. The molecule has 2 aliphatic rings. The van der Waals surface area contributed by atoms with Gasteiger partial charge in [-0.2, -0.15) is 0 Å². The predicted octanol–water partition coefficient (Wildman–Crippen LogP) is 2.38. The summed E-state index contributed by atoms with van der Waals surface area (Å²) in [5.74, 6) is 2.29. The third-order valence-electron chi connectivity index (χ3n) is 5.74. The topological polar surface area (TPSA) is 52.5 Å².